The molecule has 4 nitrogen and oxygen atoms in total. The van der Waals surface area contributed by atoms with Crippen LogP contribution in [0.5, 0.6) is 0 Å². The van der Waals surface area contributed by atoms with Crippen LogP contribution in [-0.4, -0.2) is 22.6 Å². The van der Waals surface area contributed by atoms with E-state index in [0.29, 0.717) is 5.92 Å². The summed E-state index contributed by atoms with van der Waals surface area (Å²) in [6.45, 7) is 5.17. The average Bonchev–Trinajstić information content (AvgIpc) is 2.18. The second-order valence-corrected chi connectivity index (χ2v) is 3.85. The number of anilines is 1. The second-order valence-electron chi connectivity index (χ2n) is 3.85. The minimum atomic E-state index is -0.948. The van der Waals surface area contributed by atoms with E-state index >= 15 is 0 Å². The molecule has 0 amide bonds. The highest BCUT2D eigenvalue weighted by molar-refractivity contribution is 5.87. The molecule has 0 aromatic carbocycles. The van der Waals surface area contributed by atoms with Gasteiger partial charge in [0.05, 0.1) is 5.56 Å². The highest BCUT2D eigenvalue weighted by Crippen LogP contribution is 2.06. The van der Waals surface area contributed by atoms with Gasteiger partial charge in [-0.25, -0.2) is 9.78 Å². The van der Waals surface area contributed by atoms with Crippen LogP contribution in [0.4, 0.5) is 5.82 Å². The van der Waals surface area contributed by atoms with Gasteiger partial charge < -0.3 is 10.4 Å². The van der Waals surface area contributed by atoms with Gasteiger partial charge in [0.2, 0.25) is 0 Å². The topological polar surface area (TPSA) is 62.2 Å². The molecule has 1 rings (SSSR count). The van der Waals surface area contributed by atoms with E-state index in [-0.39, 0.29) is 5.56 Å². The Balaban J connectivity index is 2.46. The average molecular weight is 208 g/mol. The van der Waals surface area contributed by atoms with Crippen molar-refractivity contribution in [2.45, 2.75) is 20.3 Å². The lowest BCUT2D eigenvalue weighted by Gasteiger charge is -2.07. The number of aromatic carboxylic acids is 1. The fourth-order valence-electron chi connectivity index (χ4n) is 1.11. The van der Waals surface area contributed by atoms with Gasteiger partial charge in [0, 0.05) is 12.7 Å². The summed E-state index contributed by atoms with van der Waals surface area (Å²) in [5, 5.41) is 11.8. The quantitative estimate of drug-likeness (QED) is 0.779. The van der Waals surface area contributed by atoms with Crippen LogP contribution < -0.4 is 5.32 Å². The van der Waals surface area contributed by atoms with Crippen molar-refractivity contribution in [3.05, 3.63) is 23.9 Å². The molecule has 1 heterocycles. The van der Waals surface area contributed by atoms with Crippen molar-refractivity contribution in [3.63, 3.8) is 0 Å². The molecule has 0 aliphatic carbocycles. The molecular weight excluding hydrogens is 192 g/mol. The van der Waals surface area contributed by atoms with Crippen molar-refractivity contribution < 1.29 is 9.90 Å². The molecule has 15 heavy (non-hydrogen) atoms. The monoisotopic (exact) mass is 208 g/mol. The number of nitrogens with zero attached hydrogens (tertiary/aromatic N) is 1. The summed E-state index contributed by atoms with van der Waals surface area (Å²) in [5.41, 5.74) is 0.212. The lowest BCUT2D eigenvalue weighted by molar-refractivity contribution is 0.0696. The van der Waals surface area contributed by atoms with Crippen molar-refractivity contribution in [1.29, 1.82) is 0 Å². The third-order valence-electron chi connectivity index (χ3n) is 2.04. The van der Waals surface area contributed by atoms with E-state index in [1.54, 1.807) is 12.1 Å². The predicted octanol–water partition coefficient (Wildman–Crippen LogP) is 2.24. The number of hydrogen-bond donors (Lipinski definition) is 2. The Morgan fingerprint density at radius 3 is 2.73 bits per heavy atom. The first-order valence-electron chi connectivity index (χ1n) is 5.03. The third-order valence-corrected chi connectivity index (χ3v) is 2.04. The summed E-state index contributed by atoms with van der Waals surface area (Å²) in [5.74, 6) is 0.424. The molecule has 1 aromatic heterocycles. The van der Waals surface area contributed by atoms with Gasteiger partial charge in [0.15, 0.2) is 0 Å². The van der Waals surface area contributed by atoms with Crippen molar-refractivity contribution in [3.8, 4) is 0 Å². The van der Waals surface area contributed by atoms with Crippen LogP contribution in [0, 0.1) is 5.92 Å². The van der Waals surface area contributed by atoms with E-state index in [9.17, 15) is 4.79 Å². The first-order chi connectivity index (χ1) is 7.09. The molecule has 0 aliphatic rings. The highest BCUT2D eigenvalue weighted by atomic mass is 16.4. The Hall–Kier alpha value is -1.58. The van der Waals surface area contributed by atoms with Gasteiger partial charge in [-0.3, -0.25) is 0 Å². The summed E-state index contributed by atoms with van der Waals surface area (Å²) < 4.78 is 0. The molecule has 4 heteroatoms. The summed E-state index contributed by atoms with van der Waals surface area (Å²) in [4.78, 5) is 14.6. The number of rotatable bonds is 5. The first-order valence-corrected chi connectivity index (χ1v) is 5.03. The van der Waals surface area contributed by atoms with Crippen LogP contribution in [0.3, 0.4) is 0 Å². The Kier molecular flexibility index (Phi) is 4.09. The number of carboxylic acid groups (broad SMARTS) is 1. The zero-order valence-electron chi connectivity index (χ0n) is 9.03. The lowest BCUT2D eigenvalue weighted by atomic mass is 10.1. The van der Waals surface area contributed by atoms with E-state index < -0.39 is 5.97 Å². The largest absolute Gasteiger partial charge is 0.478 e. The molecule has 0 saturated carbocycles. The summed E-state index contributed by atoms with van der Waals surface area (Å²) in [7, 11) is 0. The molecule has 1 aromatic rings. The van der Waals surface area contributed by atoms with Crippen molar-refractivity contribution in [2.75, 3.05) is 11.9 Å². The van der Waals surface area contributed by atoms with Crippen LogP contribution >= 0.6 is 0 Å². The third kappa shape index (κ3) is 3.97. The molecular formula is C11H16N2O2. The van der Waals surface area contributed by atoms with Crippen LogP contribution in [0.2, 0.25) is 0 Å². The molecule has 0 saturated heterocycles. The van der Waals surface area contributed by atoms with E-state index in [1.807, 2.05) is 0 Å². The van der Waals surface area contributed by atoms with E-state index in [0.717, 1.165) is 18.8 Å². The fraction of sp³-hybridized carbons (Fsp3) is 0.455. The van der Waals surface area contributed by atoms with Crippen LogP contribution in [0.1, 0.15) is 30.6 Å². The van der Waals surface area contributed by atoms with E-state index in [4.69, 9.17) is 5.11 Å². The number of pyridine rings is 1. The number of hydrogen-bond acceptors (Lipinski definition) is 3. The molecule has 0 fully saturated rings. The molecule has 0 spiro atoms. The molecule has 82 valence electrons. The van der Waals surface area contributed by atoms with Gasteiger partial charge in [-0.15, -0.1) is 0 Å². The number of carboxylic acids is 1. The van der Waals surface area contributed by atoms with Gasteiger partial charge >= 0.3 is 5.97 Å². The van der Waals surface area contributed by atoms with Gasteiger partial charge in [-0.2, -0.15) is 0 Å². The molecule has 0 unspecified atom stereocenters. The Labute approximate surface area is 89.3 Å². The second kappa shape index (κ2) is 5.34. The maximum atomic E-state index is 10.6. The Bertz CT molecular complexity index is 320. The number of nitrogens with one attached hydrogen (secondary N) is 1. The lowest BCUT2D eigenvalue weighted by Crippen LogP contribution is -2.06. The van der Waals surface area contributed by atoms with Crippen molar-refractivity contribution in [2.24, 2.45) is 5.92 Å². The SMILES string of the molecule is CC(C)CCNc1ccc(C(=O)O)cn1. The zero-order chi connectivity index (χ0) is 11.3. The molecule has 0 radical (unpaired) electrons. The zero-order valence-corrected chi connectivity index (χ0v) is 9.03. The minimum Gasteiger partial charge on any atom is -0.478 e. The number of aromatic nitrogens is 1. The Morgan fingerprint density at radius 1 is 1.53 bits per heavy atom. The van der Waals surface area contributed by atoms with Gasteiger partial charge in [-0.05, 0) is 24.5 Å². The van der Waals surface area contributed by atoms with Gasteiger partial charge in [0.1, 0.15) is 5.82 Å². The summed E-state index contributed by atoms with van der Waals surface area (Å²) >= 11 is 0. The maximum absolute atomic E-state index is 10.6. The van der Waals surface area contributed by atoms with Gasteiger partial charge in [-0.1, -0.05) is 13.8 Å². The first kappa shape index (κ1) is 11.5. The number of carbonyl (C=O) groups is 1. The van der Waals surface area contributed by atoms with Crippen LogP contribution in [0.25, 0.3) is 0 Å². The van der Waals surface area contributed by atoms with Crippen molar-refractivity contribution >= 4 is 11.8 Å². The smallest absolute Gasteiger partial charge is 0.337 e. The minimum absolute atomic E-state index is 0.212. The highest BCUT2D eigenvalue weighted by Gasteiger charge is 2.02. The van der Waals surface area contributed by atoms with Crippen LogP contribution in [-0.2, 0) is 0 Å². The molecule has 0 aliphatic heterocycles. The van der Waals surface area contributed by atoms with Gasteiger partial charge in [0.25, 0.3) is 0 Å². The predicted molar refractivity (Wildman–Crippen MR) is 59.1 cm³/mol. The van der Waals surface area contributed by atoms with Crippen molar-refractivity contribution in [1.82, 2.24) is 4.98 Å². The standard InChI is InChI=1S/C11H16N2O2/c1-8(2)5-6-12-10-4-3-9(7-13-10)11(14)15/h3-4,7-8H,5-6H2,1-2H3,(H,12,13)(H,14,15). The Morgan fingerprint density at radius 2 is 2.27 bits per heavy atom. The van der Waals surface area contributed by atoms with E-state index in [2.05, 4.69) is 24.1 Å². The maximum Gasteiger partial charge on any atom is 0.337 e. The molecule has 0 bridgehead atoms. The fourth-order valence-corrected chi connectivity index (χ4v) is 1.11. The van der Waals surface area contributed by atoms with Crippen LogP contribution in [0.15, 0.2) is 18.3 Å². The normalized spacial score (nSPS) is 10.3. The summed E-state index contributed by atoms with van der Waals surface area (Å²) in [6.07, 6.45) is 2.43. The molecule has 0 atom stereocenters. The van der Waals surface area contributed by atoms with E-state index in [1.165, 1.54) is 6.20 Å². The molecule has 2 N–H and O–H groups in total. The summed E-state index contributed by atoms with van der Waals surface area (Å²) in [6, 6.07) is 3.23.